The smallest absolute Gasteiger partial charge is 0.342 e. The van der Waals surface area contributed by atoms with Gasteiger partial charge >= 0.3 is 5.97 Å². The number of aromatic hydroxyl groups is 1. The van der Waals surface area contributed by atoms with Crippen LogP contribution in [-0.2, 0) is 9.53 Å². The summed E-state index contributed by atoms with van der Waals surface area (Å²) in [6.45, 7) is 1.57. The average Bonchev–Trinajstić information content (AvgIpc) is 2.40. The number of ether oxygens (including phenoxy) is 1. The number of halogens is 2. The zero-order chi connectivity index (χ0) is 14.6. The number of phenolic OH excluding ortho intramolecular Hbond substituents is 1. The van der Waals surface area contributed by atoms with Crippen molar-refractivity contribution in [1.82, 2.24) is 0 Å². The third-order valence-electron chi connectivity index (χ3n) is 2.41. The lowest BCUT2D eigenvalue weighted by Gasteiger charge is -2.17. The number of nitriles is 1. The number of hydrogen-bond acceptors (Lipinski definition) is 5. The Labute approximate surface area is 117 Å². The van der Waals surface area contributed by atoms with Crippen LogP contribution in [0.25, 0.3) is 0 Å². The van der Waals surface area contributed by atoms with Gasteiger partial charge in [0.05, 0.1) is 28.8 Å². The zero-order valence-electron chi connectivity index (χ0n) is 10.1. The lowest BCUT2D eigenvalue weighted by Crippen LogP contribution is -2.31. The molecule has 0 spiro atoms. The molecule has 0 saturated carbocycles. The van der Waals surface area contributed by atoms with Crippen molar-refractivity contribution >= 4 is 21.9 Å². The van der Waals surface area contributed by atoms with E-state index in [9.17, 15) is 14.3 Å². The SMILES string of the molecule is CCOC(=O)C(F)[C@@H](N)c1cc(C#N)cc(Br)c1O. The maximum absolute atomic E-state index is 13.8. The van der Waals surface area contributed by atoms with Gasteiger partial charge in [-0.2, -0.15) is 5.26 Å². The van der Waals surface area contributed by atoms with Crippen LogP contribution in [0.1, 0.15) is 24.1 Å². The quantitative estimate of drug-likeness (QED) is 0.822. The van der Waals surface area contributed by atoms with Crippen LogP contribution in [0.3, 0.4) is 0 Å². The minimum atomic E-state index is -2.12. The summed E-state index contributed by atoms with van der Waals surface area (Å²) in [5.74, 6) is -1.41. The van der Waals surface area contributed by atoms with E-state index in [4.69, 9.17) is 11.0 Å². The Morgan fingerprint density at radius 3 is 2.84 bits per heavy atom. The van der Waals surface area contributed by atoms with E-state index >= 15 is 0 Å². The van der Waals surface area contributed by atoms with Crippen molar-refractivity contribution in [2.75, 3.05) is 6.61 Å². The highest BCUT2D eigenvalue weighted by Crippen LogP contribution is 2.34. The molecule has 0 aliphatic carbocycles. The topological polar surface area (TPSA) is 96.3 Å². The molecular formula is C12H12BrFN2O3. The van der Waals surface area contributed by atoms with Crippen molar-refractivity contribution in [3.8, 4) is 11.8 Å². The molecule has 3 N–H and O–H groups in total. The molecule has 102 valence electrons. The fourth-order valence-electron chi connectivity index (χ4n) is 1.47. The van der Waals surface area contributed by atoms with Crippen LogP contribution in [0.15, 0.2) is 16.6 Å². The Morgan fingerprint density at radius 2 is 2.32 bits per heavy atom. The molecule has 0 amide bonds. The first kappa shape index (κ1) is 15.4. The molecule has 7 heteroatoms. The van der Waals surface area contributed by atoms with Gasteiger partial charge in [-0.3, -0.25) is 0 Å². The van der Waals surface area contributed by atoms with Gasteiger partial charge in [-0.05, 0) is 35.0 Å². The summed E-state index contributed by atoms with van der Waals surface area (Å²) in [5, 5.41) is 18.6. The Hall–Kier alpha value is -1.65. The lowest BCUT2D eigenvalue weighted by molar-refractivity contribution is -0.149. The van der Waals surface area contributed by atoms with Gasteiger partial charge in [0, 0.05) is 5.56 Å². The molecule has 0 aliphatic heterocycles. The van der Waals surface area contributed by atoms with Crippen LogP contribution < -0.4 is 5.73 Å². The van der Waals surface area contributed by atoms with Crippen LogP contribution in [0, 0.1) is 11.3 Å². The van der Waals surface area contributed by atoms with Gasteiger partial charge in [0.15, 0.2) is 0 Å². The van der Waals surface area contributed by atoms with Gasteiger partial charge in [0.1, 0.15) is 5.75 Å². The largest absolute Gasteiger partial charge is 0.506 e. The Bertz CT molecular complexity index is 530. The van der Waals surface area contributed by atoms with Crippen LogP contribution in [0.2, 0.25) is 0 Å². The first-order valence-electron chi connectivity index (χ1n) is 5.41. The Morgan fingerprint density at radius 1 is 1.68 bits per heavy atom. The molecule has 0 heterocycles. The van der Waals surface area contributed by atoms with Crippen molar-refractivity contribution in [2.24, 2.45) is 5.73 Å². The highest BCUT2D eigenvalue weighted by Gasteiger charge is 2.30. The standard InChI is InChI=1S/C12H12BrFN2O3/c1-2-19-12(18)9(14)10(16)7-3-6(5-15)4-8(13)11(7)17/h3-4,9-10,17H,2,16H2,1H3/t9?,10-/m0/s1. The van der Waals surface area contributed by atoms with Crippen LogP contribution in [0.5, 0.6) is 5.75 Å². The monoisotopic (exact) mass is 330 g/mol. The van der Waals surface area contributed by atoms with Crippen LogP contribution in [0.4, 0.5) is 4.39 Å². The molecule has 19 heavy (non-hydrogen) atoms. The molecule has 5 nitrogen and oxygen atoms in total. The first-order valence-corrected chi connectivity index (χ1v) is 6.20. The van der Waals surface area contributed by atoms with Crippen molar-refractivity contribution in [1.29, 1.82) is 5.26 Å². The fraction of sp³-hybridized carbons (Fsp3) is 0.333. The van der Waals surface area contributed by atoms with E-state index in [1.807, 2.05) is 6.07 Å². The summed E-state index contributed by atoms with van der Waals surface area (Å²) < 4.78 is 18.5. The Kier molecular flexibility index (Phi) is 5.27. The van der Waals surface area contributed by atoms with Gasteiger partial charge in [-0.15, -0.1) is 0 Å². The van der Waals surface area contributed by atoms with E-state index in [2.05, 4.69) is 20.7 Å². The van der Waals surface area contributed by atoms with Gasteiger partial charge in [0.2, 0.25) is 6.17 Å². The molecule has 2 atom stereocenters. The predicted octanol–water partition coefficient (Wildman–Crippen LogP) is 1.93. The minimum absolute atomic E-state index is 0.0277. The van der Waals surface area contributed by atoms with Crippen molar-refractivity contribution in [3.63, 3.8) is 0 Å². The predicted molar refractivity (Wildman–Crippen MR) is 69.0 cm³/mol. The van der Waals surface area contributed by atoms with E-state index in [1.54, 1.807) is 6.92 Å². The third kappa shape index (κ3) is 3.43. The van der Waals surface area contributed by atoms with E-state index in [0.29, 0.717) is 0 Å². The number of rotatable bonds is 4. The highest BCUT2D eigenvalue weighted by molar-refractivity contribution is 9.10. The summed E-state index contributed by atoms with van der Waals surface area (Å²) in [7, 11) is 0. The maximum Gasteiger partial charge on any atom is 0.342 e. The third-order valence-corrected chi connectivity index (χ3v) is 3.01. The lowest BCUT2D eigenvalue weighted by atomic mass is 10.00. The van der Waals surface area contributed by atoms with Gasteiger partial charge < -0.3 is 15.6 Å². The second-order valence-electron chi connectivity index (χ2n) is 3.69. The average molecular weight is 331 g/mol. The molecule has 1 unspecified atom stereocenters. The minimum Gasteiger partial charge on any atom is -0.506 e. The van der Waals surface area contributed by atoms with Crippen molar-refractivity contribution in [2.45, 2.75) is 19.1 Å². The summed E-state index contributed by atoms with van der Waals surface area (Å²) in [6.07, 6.45) is -2.12. The number of carbonyl (C=O) groups excluding carboxylic acids is 1. The zero-order valence-corrected chi connectivity index (χ0v) is 11.6. The second kappa shape index (κ2) is 6.50. The molecule has 1 aromatic carbocycles. The van der Waals surface area contributed by atoms with Crippen molar-refractivity contribution < 1.29 is 19.0 Å². The van der Waals surface area contributed by atoms with Gasteiger partial charge in [-0.1, -0.05) is 0 Å². The first-order chi connectivity index (χ1) is 8.92. The van der Waals surface area contributed by atoms with Crippen LogP contribution in [-0.4, -0.2) is 23.9 Å². The maximum atomic E-state index is 13.8. The number of hydrogen-bond donors (Lipinski definition) is 2. The van der Waals surface area contributed by atoms with E-state index in [-0.39, 0.29) is 28.0 Å². The number of benzene rings is 1. The van der Waals surface area contributed by atoms with E-state index in [0.717, 1.165) is 0 Å². The molecule has 1 aromatic rings. The summed E-state index contributed by atoms with van der Waals surface area (Å²) >= 11 is 3.03. The number of carbonyl (C=O) groups is 1. The number of nitrogens with zero attached hydrogens (tertiary/aromatic N) is 1. The number of esters is 1. The normalized spacial score (nSPS) is 13.4. The van der Waals surface area contributed by atoms with Gasteiger partial charge in [0.25, 0.3) is 0 Å². The number of nitrogens with two attached hydrogens (primary N) is 1. The number of alkyl halides is 1. The molecule has 0 fully saturated rings. The fourth-order valence-corrected chi connectivity index (χ4v) is 1.94. The summed E-state index contributed by atoms with van der Waals surface area (Å²) in [6, 6.07) is 3.03. The molecule has 0 aliphatic rings. The molecule has 0 saturated heterocycles. The van der Waals surface area contributed by atoms with Crippen molar-refractivity contribution in [3.05, 3.63) is 27.7 Å². The molecule has 1 rings (SSSR count). The molecule has 0 bridgehead atoms. The number of phenols is 1. The Balaban J connectivity index is 3.12. The molecule has 0 aromatic heterocycles. The van der Waals surface area contributed by atoms with E-state index in [1.165, 1.54) is 12.1 Å². The summed E-state index contributed by atoms with van der Waals surface area (Å²) in [5.41, 5.74) is 5.75. The molecular weight excluding hydrogens is 319 g/mol. The highest BCUT2D eigenvalue weighted by atomic mass is 79.9. The summed E-state index contributed by atoms with van der Waals surface area (Å²) in [4.78, 5) is 11.3. The van der Waals surface area contributed by atoms with E-state index < -0.39 is 18.2 Å². The van der Waals surface area contributed by atoms with Crippen LogP contribution >= 0.6 is 15.9 Å². The molecule has 0 radical (unpaired) electrons. The second-order valence-corrected chi connectivity index (χ2v) is 4.54. The van der Waals surface area contributed by atoms with Gasteiger partial charge in [-0.25, -0.2) is 9.18 Å².